The van der Waals surface area contributed by atoms with E-state index in [0.717, 1.165) is 5.56 Å². The van der Waals surface area contributed by atoms with E-state index in [2.05, 4.69) is 16.4 Å². The highest BCUT2D eigenvalue weighted by Gasteiger charge is 2.09. The van der Waals surface area contributed by atoms with E-state index in [0.29, 0.717) is 32.0 Å². The summed E-state index contributed by atoms with van der Waals surface area (Å²) in [7, 11) is 0. The van der Waals surface area contributed by atoms with Gasteiger partial charge in [0.15, 0.2) is 0 Å². The molecule has 1 heterocycles. The predicted octanol–water partition coefficient (Wildman–Crippen LogP) is 6.23. The lowest BCUT2D eigenvalue weighted by molar-refractivity contribution is 0.628. The van der Waals surface area contributed by atoms with E-state index in [1.54, 1.807) is 36.5 Å². The molecule has 0 bridgehead atoms. The molecule has 0 amide bonds. The number of halogens is 3. The summed E-state index contributed by atoms with van der Waals surface area (Å²) in [5.41, 5.74) is 2.51. The Labute approximate surface area is 158 Å². The molecular weight excluding hydrogens is 380 g/mol. The van der Waals surface area contributed by atoms with Gasteiger partial charge in [-0.1, -0.05) is 23.2 Å². The number of thiazole rings is 1. The minimum absolute atomic E-state index is 0.304. The number of nitrogens with zero attached hydrogens (tertiary/aromatic N) is 2. The minimum atomic E-state index is -0.304. The Kier molecular flexibility index (Phi) is 5.34. The van der Waals surface area contributed by atoms with E-state index in [1.165, 1.54) is 23.5 Å². The molecule has 0 aliphatic rings. The first-order valence-electron chi connectivity index (χ1n) is 7.10. The molecule has 0 aliphatic carbocycles. The number of allylic oxidation sites excluding steroid dienone is 1. The molecule has 0 saturated heterocycles. The minimum Gasteiger partial charge on any atom is -0.360 e. The van der Waals surface area contributed by atoms with Gasteiger partial charge in [-0.3, -0.25) is 0 Å². The van der Waals surface area contributed by atoms with Gasteiger partial charge in [0.25, 0.3) is 0 Å². The summed E-state index contributed by atoms with van der Waals surface area (Å²) in [6.07, 6.45) is 1.55. The predicted molar refractivity (Wildman–Crippen MR) is 101 cm³/mol. The average Bonchev–Trinajstić information content (AvgIpc) is 3.05. The van der Waals surface area contributed by atoms with E-state index in [1.807, 2.05) is 5.38 Å². The van der Waals surface area contributed by atoms with Gasteiger partial charge < -0.3 is 5.32 Å². The van der Waals surface area contributed by atoms with E-state index in [-0.39, 0.29) is 5.82 Å². The van der Waals surface area contributed by atoms with E-state index >= 15 is 0 Å². The largest absolute Gasteiger partial charge is 0.360 e. The zero-order valence-electron chi connectivity index (χ0n) is 12.6. The van der Waals surface area contributed by atoms with E-state index in [9.17, 15) is 9.65 Å². The molecule has 1 N–H and O–H groups in total. The summed E-state index contributed by atoms with van der Waals surface area (Å²) >= 11 is 13.2. The highest BCUT2D eigenvalue weighted by atomic mass is 35.5. The molecule has 0 saturated carbocycles. The molecule has 1 aromatic heterocycles. The average molecular weight is 390 g/mol. The van der Waals surface area contributed by atoms with Crippen LogP contribution < -0.4 is 5.32 Å². The fraction of sp³-hybridized carbons (Fsp3) is 0. The van der Waals surface area contributed by atoms with Gasteiger partial charge in [-0.25, -0.2) is 9.37 Å². The summed E-state index contributed by atoms with van der Waals surface area (Å²) in [5, 5.41) is 15.8. The molecule has 25 heavy (non-hydrogen) atoms. The van der Waals surface area contributed by atoms with Gasteiger partial charge in [0.1, 0.15) is 22.5 Å². The third-order valence-electron chi connectivity index (χ3n) is 3.24. The summed E-state index contributed by atoms with van der Waals surface area (Å²) < 4.78 is 13.0. The number of hydrogen-bond acceptors (Lipinski definition) is 4. The molecule has 0 atom stereocenters. The van der Waals surface area contributed by atoms with Crippen molar-refractivity contribution >= 4 is 45.8 Å². The van der Waals surface area contributed by atoms with E-state index < -0.39 is 0 Å². The van der Waals surface area contributed by atoms with Gasteiger partial charge >= 0.3 is 0 Å². The molecule has 3 rings (SSSR count). The number of aromatic nitrogens is 1. The summed E-state index contributed by atoms with van der Waals surface area (Å²) in [6.45, 7) is 0. The van der Waals surface area contributed by atoms with Crippen LogP contribution in [-0.4, -0.2) is 4.98 Å². The van der Waals surface area contributed by atoms with Crippen LogP contribution in [0.3, 0.4) is 0 Å². The molecular formula is C18H10Cl2FN3S. The van der Waals surface area contributed by atoms with Crippen LogP contribution in [0.5, 0.6) is 0 Å². The first-order valence-corrected chi connectivity index (χ1v) is 8.73. The van der Waals surface area contributed by atoms with Gasteiger partial charge in [0.2, 0.25) is 0 Å². The summed E-state index contributed by atoms with van der Waals surface area (Å²) in [6, 6.07) is 13.2. The fourth-order valence-electron chi connectivity index (χ4n) is 2.09. The summed E-state index contributed by atoms with van der Waals surface area (Å²) in [4.78, 5) is 4.44. The molecule has 3 nitrogen and oxygen atoms in total. The molecule has 0 unspecified atom stereocenters. The quantitative estimate of drug-likeness (QED) is 0.537. The Bertz CT molecular complexity index is 954. The zero-order valence-corrected chi connectivity index (χ0v) is 15.0. The van der Waals surface area contributed by atoms with Crippen molar-refractivity contribution in [1.29, 1.82) is 5.26 Å². The lowest BCUT2D eigenvalue weighted by Gasteiger charge is -2.03. The number of hydrogen-bond donors (Lipinski definition) is 1. The second-order valence-electron chi connectivity index (χ2n) is 5.02. The van der Waals surface area contributed by atoms with Crippen molar-refractivity contribution in [3.63, 3.8) is 0 Å². The first-order chi connectivity index (χ1) is 12.0. The van der Waals surface area contributed by atoms with Gasteiger partial charge in [-0.2, -0.15) is 5.26 Å². The molecule has 2 aromatic carbocycles. The summed E-state index contributed by atoms with van der Waals surface area (Å²) in [5.74, 6) is -0.304. The maximum absolute atomic E-state index is 13.0. The van der Waals surface area contributed by atoms with E-state index in [4.69, 9.17) is 23.2 Å². The van der Waals surface area contributed by atoms with Gasteiger partial charge in [0, 0.05) is 32.9 Å². The zero-order chi connectivity index (χ0) is 17.8. The Hall–Kier alpha value is -2.39. The van der Waals surface area contributed by atoms with Gasteiger partial charge in [-0.05, 0) is 42.5 Å². The first kappa shape index (κ1) is 17.4. The molecule has 0 radical (unpaired) electrons. The van der Waals surface area contributed by atoms with Crippen molar-refractivity contribution in [3.8, 4) is 17.3 Å². The Morgan fingerprint density at radius 1 is 1.16 bits per heavy atom. The van der Waals surface area contributed by atoms with Crippen LogP contribution in [0.1, 0.15) is 5.01 Å². The number of rotatable bonds is 4. The molecule has 0 spiro atoms. The fourth-order valence-corrected chi connectivity index (χ4v) is 3.41. The van der Waals surface area contributed by atoms with Crippen LogP contribution in [0.4, 0.5) is 10.1 Å². The second kappa shape index (κ2) is 7.66. The number of nitriles is 1. The van der Waals surface area contributed by atoms with Gasteiger partial charge in [0.05, 0.1) is 5.69 Å². The molecule has 0 aliphatic heterocycles. The second-order valence-corrected chi connectivity index (χ2v) is 6.75. The third kappa shape index (κ3) is 4.37. The Balaban J connectivity index is 1.84. The third-order valence-corrected chi connectivity index (χ3v) is 4.55. The normalized spacial score (nSPS) is 11.2. The van der Waals surface area contributed by atoms with Crippen molar-refractivity contribution in [3.05, 3.63) is 74.9 Å². The maximum Gasteiger partial charge on any atom is 0.136 e. The van der Waals surface area contributed by atoms with Crippen molar-refractivity contribution in [2.75, 3.05) is 5.32 Å². The van der Waals surface area contributed by atoms with Crippen LogP contribution in [0.25, 0.3) is 16.8 Å². The monoisotopic (exact) mass is 389 g/mol. The molecule has 3 aromatic rings. The maximum atomic E-state index is 13.0. The Morgan fingerprint density at radius 3 is 2.48 bits per heavy atom. The van der Waals surface area contributed by atoms with Crippen molar-refractivity contribution in [2.24, 2.45) is 0 Å². The Morgan fingerprint density at radius 2 is 1.84 bits per heavy atom. The van der Waals surface area contributed by atoms with Crippen LogP contribution in [0.2, 0.25) is 10.0 Å². The van der Waals surface area contributed by atoms with Crippen LogP contribution in [0.15, 0.2) is 54.0 Å². The van der Waals surface area contributed by atoms with Crippen molar-refractivity contribution < 1.29 is 4.39 Å². The highest BCUT2D eigenvalue weighted by Crippen LogP contribution is 2.27. The van der Waals surface area contributed by atoms with Crippen LogP contribution >= 0.6 is 34.5 Å². The number of benzene rings is 2. The number of nitrogens with one attached hydrogen (secondary N) is 1. The van der Waals surface area contributed by atoms with Crippen LogP contribution in [-0.2, 0) is 0 Å². The SMILES string of the molecule is N#CC(=CNc1cc(Cl)cc(Cl)c1)c1nc(-c2ccc(F)cc2)cs1. The topological polar surface area (TPSA) is 48.7 Å². The molecule has 124 valence electrons. The smallest absolute Gasteiger partial charge is 0.136 e. The van der Waals surface area contributed by atoms with Crippen LogP contribution in [0, 0.1) is 17.1 Å². The molecule has 0 fully saturated rings. The molecule has 7 heteroatoms. The highest BCUT2D eigenvalue weighted by molar-refractivity contribution is 7.11. The van der Waals surface area contributed by atoms with Gasteiger partial charge in [-0.15, -0.1) is 11.3 Å². The lowest BCUT2D eigenvalue weighted by Crippen LogP contribution is -1.91. The standard InChI is InChI=1S/C18H10Cl2FN3S/c19-13-5-14(20)7-16(6-13)23-9-12(8-22)18-24-17(10-25-18)11-1-3-15(21)4-2-11/h1-7,9-10,23H. The number of anilines is 1. The van der Waals surface area contributed by atoms with Crippen molar-refractivity contribution in [1.82, 2.24) is 4.98 Å². The lowest BCUT2D eigenvalue weighted by atomic mass is 10.2. The van der Waals surface area contributed by atoms with Crippen molar-refractivity contribution in [2.45, 2.75) is 0 Å².